The maximum Gasteiger partial charge on any atom is 0.415 e. The molecular weight excluding hydrogens is 385 g/mol. The number of amides is 1. The van der Waals surface area contributed by atoms with Crippen LogP contribution in [-0.4, -0.2) is 40.1 Å². The molecule has 0 spiro atoms. The first-order chi connectivity index (χ1) is 14.6. The SMILES string of the molecule is O=C1OC(CO)C2Cc3cc(-c4ccc(CCCc5cn[nH]c5)cc4)c(F)cc3N12. The molecule has 1 aromatic heterocycles. The number of carbonyl (C=O) groups excluding carboxylic acids is 1. The summed E-state index contributed by atoms with van der Waals surface area (Å²) in [6.07, 6.45) is 6.13. The fourth-order valence-electron chi connectivity index (χ4n) is 4.43. The number of aliphatic hydroxyl groups is 1. The van der Waals surface area contributed by atoms with Crippen LogP contribution in [0.4, 0.5) is 14.9 Å². The zero-order chi connectivity index (χ0) is 20.7. The minimum atomic E-state index is -0.572. The van der Waals surface area contributed by atoms with Crippen molar-refractivity contribution >= 4 is 11.8 Å². The van der Waals surface area contributed by atoms with E-state index >= 15 is 0 Å². The van der Waals surface area contributed by atoms with Gasteiger partial charge in [-0.15, -0.1) is 0 Å². The summed E-state index contributed by atoms with van der Waals surface area (Å²) in [5.74, 6) is -0.373. The van der Waals surface area contributed by atoms with E-state index in [2.05, 4.69) is 10.2 Å². The van der Waals surface area contributed by atoms with Gasteiger partial charge in [-0.05, 0) is 60.1 Å². The molecule has 2 atom stereocenters. The largest absolute Gasteiger partial charge is 0.441 e. The van der Waals surface area contributed by atoms with Crippen LogP contribution < -0.4 is 4.90 Å². The number of hydrogen-bond donors (Lipinski definition) is 2. The highest BCUT2D eigenvalue weighted by Crippen LogP contribution is 2.41. The van der Waals surface area contributed by atoms with E-state index in [9.17, 15) is 14.3 Å². The second-order valence-corrected chi connectivity index (χ2v) is 7.86. The molecule has 3 heterocycles. The van der Waals surface area contributed by atoms with E-state index in [1.807, 2.05) is 42.7 Å². The van der Waals surface area contributed by atoms with Gasteiger partial charge in [0.15, 0.2) is 0 Å². The summed E-state index contributed by atoms with van der Waals surface area (Å²) in [6, 6.07) is 10.9. The van der Waals surface area contributed by atoms with Gasteiger partial charge in [0, 0.05) is 11.8 Å². The van der Waals surface area contributed by atoms with E-state index in [-0.39, 0.29) is 18.5 Å². The van der Waals surface area contributed by atoms with Gasteiger partial charge in [0.1, 0.15) is 11.9 Å². The molecule has 2 aromatic carbocycles. The van der Waals surface area contributed by atoms with Crippen LogP contribution >= 0.6 is 0 Å². The van der Waals surface area contributed by atoms with Crippen molar-refractivity contribution < 1.29 is 19.0 Å². The highest BCUT2D eigenvalue weighted by Gasteiger charge is 2.47. The zero-order valence-electron chi connectivity index (χ0n) is 16.3. The molecule has 1 saturated heterocycles. The van der Waals surface area contributed by atoms with Gasteiger partial charge in [0.2, 0.25) is 0 Å². The van der Waals surface area contributed by atoms with Crippen LogP contribution in [0.15, 0.2) is 48.8 Å². The summed E-state index contributed by atoms with van der Waals surface area (Å²) >= 11 is 0. The van der Waals surface area contributed by atoms with Crippen LogP contribution in [-0.2, 0) is 24.0 Å². The van der Waals surface area contributed by atoms with E-state index in [4.69, 9.17) is 4.74 Å². The van der Waals surface area contributed by atoms with Crippen molar-refractivity contribution in [2.24, 2.45) is 0 Å². The molecule has 7 heteroatoms. The summed E-state index contributed by atoms with van der Waals surface area (Å²) in [5, 5.41) is 16.2. The number of rotatable bonds is 6. The van der Waals surface area contributed by atoms with E-state index < -0.39 is 12.2 Å². The van der Waals surface area contributed by atoms with Crippen LogP contribution in [0.3, 0.4) is 0 Å². The van der Waals surface area contributed by atoms with E-state index in [1.165, 1.54) is 22.1 Å². The number of benzene rings is 2. The topological polar surface area (TPSA) is 78.5 Å². The Morgan fingerprint density at radius 2 is 2.00 bits per heavy atom. The maximum absolute atomic E-state index is 14.9. The lowest BCUT2D eigenvalue weighted by Crippen LogP contribution is -2.34. The van der Waals surface area contributed by atoms with Crippen molar-refractivity contribution in [2.75, 3.05) is 11.5 Å². The van der Waals surface area contributed by atoms with Gasteiger partial charge in [-0.1, -0.05) is 24.3 Å². The Bertz CT molecular complexity index is 1070. The summed E-state index contributed by atoms with van der Waals surface area (Å²) in [7, 11) is 0. The Morgan fingerprint density at radius 1 is 1.20 bits per heavy atom. The van der Waals surface area contributed by atoms with Crippen molar-refractivity contribution in [3.05, 3.63) is 71.3 Å². The molecule has 1 amide bonds. The quantitative estimate of drug-likeness (QED) is 0.654. The van der Waals surface area contributed by atoms with Crippen molar-refractivity contribution in [3.8, 4) is 11.1 Å². The highest BCUT2D eigenvalue weighted by atomic mass is 19.1. The molecule has 3 aromatic rings. The van der Waals surface area contributed by atoms with Crippen LogP contribution in [0.1, 0.15) is 23.1 Å². The molecule has 6 nitrogen and oxygen atoms in total. The van der Waals surface area contributed by atoms with E-state index in [0.29, 0.717) is 17.7 Å². The summed E-state index contributed by atoms with van der Waals surface area (Å²) in [6.45, 7) is -0.238. The molecule has 2 aliphatic rings. The highest BCUT2D eigenvalue weighted by molar-refractivity contribution is 5.94. The monoisotopic (exact) mass is 407 g/mol. The second-order valence-electron chi connectivity index (χ2n) is 7.86. The fraction of sp³-hybridized carbons (Fsp3) is 0.304. The molecule has 30 heavy (non-hydrogen) atoms. The number of fused-ring (bicyclic) bond motifs is 3. The maximum atomic E-state index is 14.9. The number of anilines is 1. The average Bonchev–Trinajstić information content (AvgIpc) is 3.46. The second kappa shape index (κ2) is 7.57. The lowest BCUT2D eigenvalue weighted by molar-refractivity contribution is 0.0830. The molecule has 154 valence electrons. The number of cyclic esters (lactones) is 1. The Labute approximate surface area is 173 Å². The number of H-pyrrole nitrogens is 1. The number of aliphatic hydroxyl groups excluding tert-OH is 1. The first-order valence-electron chi connectivity index (χ1n) is 10.1. The predicted octanol–water partition coefficient (Wildman–Crippen LogP) is 3.63. The normalized spacial score (nSPS) is 19.7. The third-order valence-electron chi connectivity index (χ3n) is 6.00. The number of aryl methyl sites for hydroxylation is 2. The average molecular weight is 407 g/mol. The fourth-order valence-corrected chi connectivity index (χ4v) is 4.43. The molecule has 5 rings (SSSR count). The van der Waals surface area contributed by atoms with Gasteiger partial charge in [-0.3, -0.25) is 10.00 Å². The standard InChI is InChI=1S/C23H22FN3O3/c24-19-10-20-17(9-21-22(13-28)30-23(29)27(20)21)8-18(19)16-6-4-14(5-7-16)2-1-3-15-11-25-26-12-15/h4-8,10-12,21-22,28H,1-3,9,13H2,(H,25,26). The number of aromatic amines is 1. The Morgan fingerprint density at radius 3 is 2.73 bits per heavy atom. The van der Waals surface area contributed by atoms with Gasteiger partial charge in [-0.25, -0.2) is 9.18 Å². The van der Waals surface area contributed by atoms with E-state index in [1.54, 1.807) is 0 Å². The number of nitrogens with zero attached hydrogens (tertiary/aromatic N) is 2. The number of aromatic nitrogens is 2. The summed E-state index contributed by atoms with van der Waals surface area (Å²) < 4.78 is 20.1. The predicted molar refractivity (Wildman–Crippen MR) is 110 cm³/mol. The molecule has 2 N–H and O–H groups in total. The number of halogens is 1. The van der Waals surface area contributed by atoms with Gasteiger partial charge >= 0.3 is 6.09 Å². The first kappa shape index (κ1) is 18.8. The molecule has 0 aliphatic carbocycles. The molecule has 0 radical (unpaired) electrons. The molecule has 2 unspecified atom stereocenters. The van der Waals surface area contributed by atoms with Crippen molar-refractivity contribution in [3.63, 3.8) is 0 Å². The van der Waals surface area contributed by atoms with Crippen molar-refractivity contribution in [2.45, 2.75) is 37.8 Å². The molecule has 1 fully saturated rings. The van der Waals surface area contributed by atoms with Crippen molar-refractivity contribution in [1.82, 2.24) is 10.2 Å². The third-order valence-corrected chi connectivity index (χ3v) is 6.00. The minimum Gasteiger partial charge on any atom is -0.441 e. The van der Waals surface area contributed by atoms with Crippen molar-refractivity contribution in [1.29, 1.82) is 0 Å². The van der Waals surface area contributed by atoms with Crippen LogP contribution in [0.5, 0.6) is 0 Å². The Balaban J connectivity index is 1.33. The smallest absolute Gasteiger partial charge is 0.415 e. The van der Waals surface area contributed by atoms with Crippen LogP contribution in [0.2, 0.25) is 0 Å². The van der Waals surface area contributed by atoms with Crippen LogP contribution in [0, 0.1) is 5.82 Å². The van der Waals surface area contributed by atoms with Gasteiger partial charge < -0.3 is 9.84 Å². The van der Waals surface area contributed by atoms with Gasteiger partial charge in [0.25, 0.3) is 0 Å². The Hall–Kier alpha value is -3.19. The van der Waals surface area contributed by atoms with Crippen LogP contribution in [0.25, 0.3) is 11.1 Å². The Kier molecular flexibility index (Phi) is 4.75. The number of nitrogens with one attached hydrogen (secondary N) is 1. The lowest BCUT2D eigenvalue weighted by Gasteiger charge is -2.15. The third kappa shape index (κ3) is 3.25. The summed E-state index contributed by atoms with van der Waals surface area (Å²) in [5.41, 5.74) is 5.17. The molecular formula is C23H22FN3O3. The number of ether oxygens (including phenoxy) is 1. The van der Waals surface area contributed by atoms with E-state index in [0.717, 1.165) is 30.4 Å². The molecule has 0 saturated carbocycles. The zero-order valence-corrected chi connectivity index (χ0v) is 16.3. The summed E-state index contributed by atoms with van der Waals surface area (Å²) in [4.78, 5) is 13.6. The van der Waals surface area contributed by atoms with Gasteiger partial charge in [0.05, 0.1) is 24.5 Å². The number of hydrogen-bond acceptors (Lipinski definition) is 4. The minimum absolute atomic E-state index is 0.238. The first-order valence-corrected chi connectivity index (χ1v) is 10.1. The molecule has 0 bridgehead atoms. The number of carbonyl (C=O) groups is 1. The lowest BCUT2D eigenvalue weighted by atomic mass is 9.97. The molecule has 2 aliphatic heterocycles. The van der Waals surface area contributed by atoms with Gasteiger partial charge in [-0.2, -0.15) is 5.10 Å².